The van der Waals surface area contributed by atoms with Crippen LogP contribution in [0.5, 0.6) is 0 Å². The third kappa shape index (κ3) is 1.86. The van der Waals surface area contributed by atoms with Gasteiger partial charge in [-0.25, -0.2) is 4.79 Å². The number of nitrogens with two attached hydrogens (primary N) is 1. The van der Waals surface area contributed by atoms with Gasteiger partial charge in [-0.1, -0.05) is 13.3 Å². The van der Waals surface area contributed by atoms with Gasteiger partial charge in [-0.3, -0.25) is 4.68 Å². The first-order valence-electron chi connectivity index (χ1n) is 4.60. The first-order chi connectivity index (χ1) is 6.57. The number of aromatic nitrogens is 2. The summed E-state index contributed by atoms with van der Waals surface area (Å²) in [5.74, 6) is -0.863. The number of nitrogen functional groups attached to an aromatic ring is 1. The van der Waals surface area contributed by atoms with E-state index in [4.69, 9.17) is 10.8 Å². The van der Waals surface area contributed by atoms with Crippen LogP contribution in [-0.2, 0) is 4.79 Å². The van der Waals surface area contributed by atoms with E-state index in [1.54, 1.807) is 6.92 Å². The molecule has 0 aliphatic heterocycles. The highest BCUT2D eigenvalue weighted by Crippen LogP contribution is 2.19. The fourth-order valence-corrected chi connectivity index (χ4v) is 1.37. The third-order valence-corrected chi connectivity index (χ3v) is 2.23. The van der Waals surface area contributed by atoms with Crippen molar-refractivity contribution in [1.29, 1.82) is 0 Å². The van der Waals surface area contributed by atoms with Crippen LogP contribution in [0.2, 0.25) is 0 Å². The zero-order chi connectivity index (χ0) is 10.7. The number of hydrogen-bond donors (Lipinski definition) is 2. The Morgan fingerprint density at radius 1 is 1.79 bits per heavy atom. The van der Waals surface area contributed by atoms with E-state index in [9.17, 15) is 4.79 Å². The fraction of sp³-hybridized carbons (Fsp3) is 0.556. The van der Waals surface area contributed by atoms with Gasteiger partial charge in [0.1, 0.15) is 6.04 Å². The quantitative estimate of drug-likeness (QED) is 0.759. The van der Waals surface area contributed by atoms with Crippen LogP contribution >= 0.6 is 0 Å². The minimum absolute atomic E-state index is 0.535. The van der Waals surface area contributed by atoms with Gasteiger partial charge in [0.2, 0.25) is 0 Å². The standard InChI is InChI=1S/C9H15N3O2/c1-3-4-8(9(13)14)12-6(2)7(10)5-11-12/h5,8H,3-4,10H2,1-2H3,(H,13,14). The molecule has 0 bridgehead atoms. The van der Waals surface area contributed by atoms with Crippen molar-refractivity contribution in [3.05, 3.63) is 11.9 Å². The lowest BCUT2D eigenvalue weighted by molar-refractivity contribution is -0.141. The van der Waals surface area contributed by atoms with Gasteiger partial charge in [0, 0.05) is 0 Å². The highest BCUT2D eigenvalue weighted by atomic mass is 16.4. The molecule has 5 nitrogen and oxygen atoms in total. The van der Waals surface area contributed by atoms with Crippen LogP contribution in [0.4, 0.5) is 5.69 Å². The molecule has 78 valence electrons. The van der Waals surface area contributed by atoms with E-state index in [2.05, 4.69) is 5.10 Å². The number of aliphatic carboxylic acids is 1. The molecule has 0 saturated heterocycles. The number of anilines is 1. The monoisotopic (exact) mass is 197 g/mol. The van der Waals surface area contributed by atoms with E-state index in [1.807, 2.05) is 6.92 Å². The molecule has 0 radical (unpaired) electrons. The highest BCUT2D eigenvalue weighted by molar-refractivity contribution is 5.72. The SMILES string of the molecule is CCCC(C(=O)O)n1ncc(N)c1C. The van der Waals surface area contributed by atoms with Crippen molar-refractivity contribution in [3.63, 3.8) is 0 Å². The Morgan fingerprint density at radius 3 is 2.79 bits per heavy atom. The average molecular weight is 197 g/mol. The molecule has 1 aromatic heterocycles. The molecule has 1 atom stereocenters. The van der Waals surface area contributed by atoms with Gasteiger partial charge in [-0.05, 0) is 13.3 Å². The zero-order valence-corrected chi connectivity index (χ0v) is 8.40. The number of carbonyl (C=O) groups is 1. The summed E-state index contributed by atoms with van der Waals surface area (Å²) in [6.07, 6.45) is 2.86. The molecular weight excluding hydrogens is 182 g/mol. The first-order valence-corrected chi connectivity index (χ1v) is 4.60. The molecule has 1 heterocycles. The van der Waals surface area contributed by atoms with Crippen molar-refractivity contribution in [2.75, 3.05) is 5.73 Å². The Balaban J connectivity index is 2.99. The lowest BCUT2D eigenvalue weighted by atomic mass is 10.1. The van der Waals surface area contributed by atoms with Crippen LogP contribution in [-0.4, -0.2) is 20.9 Å². The third-order valence-electron chi connectivity index (χ3n) is 2.23. The molecule has 3 N–H and O–H groups in total. The smallest absolute Gasteiger partial charge is 0.328 e. The van der Waals surface area contributed by atoms with Gasteiger partial charge >= 0.3 is 5.97 Å². The molecule has 5 heteroatoms. The van der Waals surface area contributed by atoms with E-state index >= 15 is 0 Å². The van der Waals surface area contributed by atoms with Crippen LogP contribution in [0.25, 0.3) is 0 Å². The van der Waals surface area contributed by atoms with Crippen LogP contribution in [0.1, 0.15) is 31.5 Å². The van der Waals surface area contributed by atoms with Crippen LogP contribution in [0.3, 0.4) is 0 Å². The second-order valence-electron chi connectivity index (χ2n) is 3.27. The van der Waals surface area contributed by atoms with Crippen molar-refractivity contribution < 1.29 is 9.90 Å². The molecule has 0 saturated carbocycles. The first kappa shape index (κ1) is 10.6. The van der Waals surface area contributed by atoms with E-state index in [-0.39, 0.29) is 0 Å². The Hall–Kier alpha value is -1.52. The molecule has 14 heavy (non-hydrogen) atoms. The summed E-state index contributed by atoms with van der Waals surface area (Å²) in [5, 5.41) is 13.0. The zero-order valence-electron chi connectivity index (χ0n) is 8.40. The number of carboxylic acids is 1. The normalized spacial score (nSPS) is 12.7. The maximum Gasteiger partial charge on any atom is 0.328 e. The summed E-state index contributed by atoms with van der Waals surface area (Å²) < 4.78 is 1.47. The van der Waals surface area contributed by atoms with Crippen LogP contribution < -0.4 is 5.73 Å². The van der Waals surface area contributed by atoms with Crippen LogP contribution in [0.15, 0.2) is 6.20 Å². The topological polar surface area (TPSA) is 81.1 Å². The van der Waals surface area contributed by atoms with Gasteiger partial charge in [-0.2, -0.15) is 5.10 Å². The minimum atomic E-state index is -0.863. The summed E-state index contributed by atoms with van der Waals surface area (Å²) in [4.78, 5) is 10.9. The molecule has 1 unspecified atom stereocenters. The lowest BCUT2D eigenvalue weighted by Gasteiger charge is -2.13. The number of rotatable bonds is 4. The van der Waals surface area contributed by atoms with Gasteiger partial charge in [0.05, 0.1) is 17.6 Å². The second kappa shape index (κ2) is 4.13. The summed E-state index contributed by atoms with van der Waals surface area (Å²) in [5.41, 5.74) is 6.85. The number of nitrogens with zero attached hydrogens (tertiary/aromatic N) is 2. The van der Waals surface area contributed by atoms with Gasteiger partial charge in [-0.15, -0.1) is 0 Å². The number of carboxylic acid groups (broad SMARTS) is 1. The Kier molecular flexibility index (Phi) is 3.11. The molecule has 1 rings (SSSR count). The molecule has 0 aliphatic carbocycles. The van der Waals surface area contributed by atoms with Crippen molar-refractivity contribution in [3.8, 4) is 0 Å². The Bertz CT molecular complexity index is 333. The molecule has 0 fully saturated rings. The van der Waals surface area contributed by atoms with E-state index in [0.717, 1.165) is 6.42 Å². The van der Waals surface area contributed by atoms with Crippen molar-refractivity contribution in [2.24, 2.45) is 0 Å². The summed E-state index contributed by atoms with van der Waals surface area (Å²) in [6, 6.07) is -0.600. The summed E-state index contributed by atoms with van der Waals surface area (Å²) in [7, 11) is 0. The van der Waals surface area contributed by atoms with Gasteiger partial charge in [0.15, 0.2) is 0 Å². The maximum absolute atomic E-state index is 10.9. The van der Waals surface area contributed by atoms with E-state index < -0.39 is 12.0 Å². The largest absolute Gasteiger partial charge is 0.480 e. The van der Waals surface area contributed by atoms with Crippen molar-refractivity contribution in [1.82, 2.24) is 9.78 Å². The Morgan fingerprint density at radius 2 is 2.43 bits per heavy atom. The van der Waals surface area contributed by atoms with Gasteiger partial charge in [0.25, 0.3) is 0 Å². The van der Waals surface area contributed by atoms with E-state index in [0.29, 0.717) is 17.8 Å². The summed E-state index contributed by atoms with van der Waals surface area (Å²) in [6.45, 7) is 3.71. The molecular formula is C9H15N3O2. The fourth-order valence-electron chi connectivity index (χ4n) is 1.37. The number of hydrogen-bond acceptors (Lipinski definition) is 3. The lowest BCUT2D eigenvalue weighted by Crippen LogP contribution is -2.21. The maximum atomic E-state index is 10.9. The van der Waals surface area contributed by atoms with Gasteiger partial charge < -0.3 is 10.8 Å². The molecule has 1 aromatic rings. The predicted molar refractivity (Wildman–Crippen MR) is 53.0 cm³/mol. The van der Waals surface area contributed by atoms with Crippen molar-refractivity contribution in [2.45, 2.75) is 32.7 Å². The minimum Gasteiger partial charge on any atom is -0.480 e. The summed E-state index contributed by atoms with van der Waals surface area (Å²) >= 11 is 0. The molecule has 0 aliphatic rings. The van der Waals surface area contributed by atoms with Crippen molar-refractivity contribution >= 4 is 11.7 Å². The molecule has 0 amide bonds. The predicted octanol–water partition coefficient (Wildman–Crippen LogP) is 1.20. The van der Waals surface area contributed by atoms with Crippen LogP contribution in [0, 0.1) is 6.92 Å². The molecule has 0 spiro atoms. The molecule has 0 aromatic carbocycles. The van der Waals surface area contributed by atoms with E-state index in [1.165, 1.54) is 10.9 Å². The highest BCUT2D eigenvalue weighted by Gasteiger charge is 2.21. The average Bonchev–Trinajstić information content (AvgIpc) is 2.44. The second-order valence-corrected chi connectivity index (χ2v) is 3.27. The Labute approximate surface area is 82.5 Å².